The Morgan fingerprint density at radius 1 is 2.00 bits per heavy atom. The zero-order valence-corrected chi connectivity index (χ0v) is 5.20. The minimum absolute atomic E-state index is 1.25. The third-order valence-corrected chi connectivity index (χ3v) is 1.19. The summed E-state index contributed by atoms with van der Waals surface area (Å²) in [4.78, 5) is 0. The van der Waals surface area contributed by atoms with Crippen molar-refractivity contribution in [1.29, 1.82) is 0 Å². The van der Waals surface area contributed by atoms with Gasteiger partial charge >= 0.3 is 50.7 Å². The van der Waals surface area contributed by atoms with Gasteiger partial charge < -0.3 is 0 Å². The van der Waals surface area contributed by atoms with Gasteiger partial charge in [0.05, 0.1) is 0 Å². The average Bonchev–Trinajstić information content (AvgIpc) is 1.37. The first-order chi connectivity index (χ1) is 1.91. The summed E-state index contributed by atoms with van der Waals surface area (Å²) in [5, 5.41) is 0. The molecule has 0 atom stereocenters. The van der Waals surface area contributed by atoms with Crippen LogP contribution in [0.4, 0.5) is 0 Å². The van der Waals surface area contributed by atoms with Crippen LogP contribution in [0, 0.1) is 0 Å². The van der Waals surface area contributed by atoms with Crippen molar-refractivity contribution in [2.75, 3.05) is 0 Å². The molecule has 0 N–H and O–H groups in total. The molecule has 0 aliphatic carbocycles. The van der Waals surface area contributed by atoms with Crippen LogP contribution in [0.5, 0.6) is 0 Å². The van der Waals surface area contributed by atoms with Gasteiger partial charge in [-0.2, -0.15) is 0 Å². The summed E-state index contributed by atoms with van der Waals surface area (Å²) in [6, 6.07) is 0. The third-order valence-electron chi connectivity index (χ3n) is 0.289. The summed E-state index contributed by atoms with van der Waals surface area (Å²) in [6.07, 6.45) is 1.25. The van der Waals surface area contributed by atoms with E-state index in [0.29, 0.717) is 0 Å². The van der Waals surface area contributed by atoms with Crippen molar-refractivity contribution in [1.82, 2.24) is 0 Å². The molecule has 0 fully saturated rings. The van der Waals surface area contributed by atoms with E-state index in [1.807, 2.05) is 0 Å². The minimum atomic E-state index is 1.25. The topological polar surface area (TPSA) is 0 Å². The average molecular weight is 82.2 g/mol. The predicted octanol–water partition coefficient (Wildman–Crippen LogP) is 0.367. The van der Waals surface area contributed by atoms with E-state index in [-0.39, 0.29) is 0 Å². The van der Waals surface area contributed by atoms with Crippen LogP contribution >= 0.6 is 0 Å². The van der Waals surface area contributed by atoms with E-state index in [1.54, 1.807) is 0 Å². The Morgan fingerprint density at radius 2 is 2.25 bits per heavy atom. The summed E-state index contributed by atoms with van der Waals surface area (Å²) in [6.45, 7) is 2.16. The van der Waals surface area contributed by atoms with Gasteiger partial charge in [0.2, 0.25) is 0 Å². The first-order valence-electron chi connectivity index (χ1n) is 1.52. The normalized spacial score (nSPS) is 6.75. The Kier molecular flexibility index (Phi) is 5.30. The summed E-state index contributed by atoms with van der Waals surface area (Å²) in [7, 11) is 0. The Bertz CT molecular complexity index is 17.2. The second-order valence-electron chi connectivity index (χ2n) is 0.697. The fourth-order valence-corrected chi connectivity index (χ4v) is 0. The fourth-order valence-electron chi connectivity index (χ4n) is 0. The first kappa shape index (κ1) is 5.13. The van der Waals surface area contributed by atoms with E-state index in [9.17, 15) is 0 Å². The third kappa shape index (κ3) is 3.13. The molecule has 0 saturated carbocycles. The monoisotopic (exact) mass is 82.0 g/mol. The Hall–Kier alpha value is 1.13. The van der Waals surface area contributed by atoms with Gasteiger partial charge in [0.15, 0.2) is 0 Å². The maximum absolute atomic E-state index is 2.25. The van der Waals surface area contributed by atoms with E-state index >= 15 is 0 Å². The van der Waals surface area contributed by atoms with Gasteiger partial charge in [-0.05, 0) is 0 Å². The molecule has 0 heterocycles. The van der Waals surface area contributed by atoms with E-state index in [4.69, 9.17) is 0 Å². The van der Waals surface area contributed by atoms with Crippen LogP contribution in [-0.4, -0.2) is 37.3 Å². The molecule has 4 heavy (non-hydrogen) atoms. The Morgan fingerprint density at radius 3 is 2.25 bits per heavy atom. The molecule has 0 spiro atoms. The zero-order chi connectivity index (χ0) is 3.41. The van der Waals surface area contributed by atoms with Gasteiger partial charge in [0, 0.05) is 0 Å². The van der Waals surface area contributed by atoms with Gasteiger partial charge in [-0.3, -0.25) is 0 Å². The van der Waals surface area contributed by atoms with Crippen LogP contribution in [0.2, 0.25) is 0 Å². The summed E-state index contributed by atoms with van der Waals surface area (Å²) < 4.78 is 2.25. The van der Waals surface area contributed by atoms with Crippen LogP contribution in [0.25, 0.3) is 0 Å². The van der Waals surface area contributed by atoms with Crippen molar-refractivity contribution in [3.8, 4) is 0 Å². The van der Waals surface area contributed by atoms with Crippen LogP contribution in [-0.2, 0) is 0 Å². The number of hydrogen-bond acceptors (Lipinski definition) is 0. The molecule has 0 aromatic carbocycles. The molecule has 0 aliphatic heterocycles. The van der Waals surface area contributed by atoms with E-state index in [0.717, 1.165) is 0 Å². The molecule has 0 bridgehead atoms. The molecule has 0 aromatic rings. The van der Waals surface area contributed by atoms with Crippen molar-refractivity contribution in [2.45, 2.75) is 13.3 Å². The molecular weight excluding hydrogens is 76.1 g/mol. The molecular formula is C3H6Ca. The number of rotatable bonds is 1. The van der Waals surface area contributed by atoms with E-state index in [2.05, 4.69) is 9.01 Å². The molecule has 0 aliphatic rings. The van der Waals surface area contributed by atoms with Crippen molar-refractivity contribution < 1.29 is 0 Å². The number of hydrogen-bond donors (Lipinski definition) is 0. The van der Waals surface area contributed by atoms with E-state index < -0.39 is 0 Å². The molecule has 0 amide bonds. The first-order valence-corrected chi connectivity index (χ1v) is 2.80. The summed E-state index contributed by atoms with van der Waals surface area (Å²) >= 11 is 1.34. The molecule has 0 rings (SSSR count). The summed E-state index contributed by atoms with van der Waals surface area (Å²) in [5.74, 6) is 0. The van der Waals surface area contributed by atoms with Crippen LogP contribution in [0.15, 0.2) is 0 Å². The van der Waals surface area contributed by atoms with Gasteiger partial charge in [-0.15, -0.1) is 0 Å². The van der Waals surface area contributed by atoms with Gasteiger partial charge in [0.1, 0.15) is 0 Å². The molecule has 0 unspecified atom stereocenters. The zero-order valence-electron chi connectivity index (χ0n) is 2.99. The van der Waals surface area contributed by atoms with Gasteiger partial charge in [-0.25, -0.2) is 0 Å². The molecule has 0 aromatic heterocycles. The molecule has 20 valence electrons. The second-order valence-corrected chi connectivity index (χ2v) is 1.60. The van der Waals surface area contributed by atoms with Crippen molar-refractivity contribution in [3.63, 3.8) is 0 Å². The quantitative estimate of drug-likeness (QED) is 0.401. The molecule has 0 nitrogen and oxygen atoms in total. The SMILES string of the molecule is CC[CH]=[Ca]. The van der Waals surface area contributed by atoms with E-state index in [1.165, 1.54) is 41.7 Å². The molecule has 0 radical (unpaired) electrons. The van der Waals surface area contributed by atoms with Crippen LogP contribution in [0.3, 0.4) is 0 Å². The Labute approximate surface area is 50.3 Å². The Balaban J connectivity index is 2.30. The maximum atomic E-state index is 2.25. The summed E-state index contributed by atoms with van der Waals surface area (Å²) in [5.41, 5.74) is 0. The molecule has 1 heteroatoms. The predicted molar refractivity (Wildman–Crippen MR) is 22.1 cm³/mol. The van der Waals surface area contributed by atoms with Crippen molar-refractivity contribution >= 4 is 37.3 Å². The standard InChI is InChI=1S/C3H6.Ca/c1-3-2;/h1H,3H2,2H3;. The fraction of sp³-hybridized carbons (Fsp3) is 0.667. The molecule has 0 saturated heterocycles. The van der Waals surface area contributed by atoms with Gasteiger partial charge in [-0.1, -0.05) is 0 Å². The van der Waals surface area contributed by atoms with Crippen LogP contribution in [0.1, 0.15) is 13.3 Å². The van der Waals surface area contributed by atoms with Crippen LogP contribution < -0.4 is 0 Å². The van der Waals surface area contributed by atoms with Crippen molar-refractivity contribution in [3.05, 3.63) is 0 Å². The van der Waals surface area contributed by atoms with Gasteiger partial charge in [0.25, 0.3) is 0 Å². The van der Waals surface area contributed by atoms with Crippen molar-refractivity contribution in [2.24, 2.45) is 0 Å². The second kappa shape index (κ2) is 4.13.